The number of piperidine rings is 1. The van der Waals surface area contributed by atoms with E-state index in [0.29, 0.717) is 12.8 Å². The summed E-state index contributed by atoms with van der Waals surface area (Å²) in [5.41, 5.74) is 1.15. The van der Waals surface area contributed by atoms with Crippen molar-refractivity contribution in [2.75, 3.05) is 19.6 Å². The summed E-state index contributed by atoms with van der Waals surface area (Å²) in [6.07, 6.45) is 2.86. The molecule has 0 saturated carbocycles. The molecule has 154 valence electrons. The van der Waals surface area contributed by atoms with Gasteiger partial charge in [0, 0.05) is 25.6 Å². The van der Waals surface area contributed by atoms with Crippen molar-refractivity contribution < 1.29 is 17.6 Å². The first-order valence-electron chi connectivity index (χ1n) is 10.1. The Labute approximate surface area is 171 Å². The Bertz CT molecular complexity index is 973. The van der Waals surface area contributed by atoms with Gasteiger partial charge in [-0.05, 0) is 43.4 Å². The molecular weight excluding hydrogens is 391 g/mol. The fraction of sp³-hybridized carbons (Fsp3) is 0.409. The second-order valence-electron chi connectivity index (χ2n) is 7.71. The van der Waals surface area contributed by atoms with Gasteiger partial charge in [-0.2, -0.15) is 4.31 Å². The molecule has 0 spiro atoms. The van der Waals surface area contributed by atoms with Gasteiger partial charge in [-0.1, -0.05) is 42.5 Å². The maximum absolute atomic E-state index is 14.0. The van der Waals surface area contributed by atoms with E-state index >= 15 is 0 Å². The molecule has 2 fully saturated rings. The predicted molar refractivity (Wildman–Crippen MR) is 108 cm³/mol. The zero-order valence-electron chi connectivity index (χ0n) is 16.2. The van der Waals surface area contributed by atoms with Crippen molar-refractivity contribution in [3.8, 4) is 0 Å². The number of carbonyl (C=O) groups excluding carboxylic acids is 1. The highest BCUT2D eigenvalue weighted by molar-refractivity contribution is 7.89. The number of hydrogen-bond acceptors (Lipinski definition) is 3. The van der Waals surface area contributed by atoms with E-state index in [9.17, 15) is 17.6 Å². The lowest BCUT2D eigenvalue weighted by Crippen LogP contribution is -2.44. The summed E-state index contributed by atoms with van der Waals surface area (Å²) in [6.45, 7) is 1.21. The van der Waals surface area contributed by atoms with Crippen molar-refractivity contribution in [2.24, 2.45) is 5.92 Å². The van der Waals surface area contributed by atoms with Gasteiger partial charge < -0.3 is 4.90 Å². The van der Waals surface area contributed by atoms with Crippen LogP contribution in [-0.4, -0.2) is 43.2 Å². The number of benzene rings is 2. The first-order chi connectivity index (χ1) is 14.0. The summed E-state index contributed by atoms with van der Waals surface area (Å²) in [6, 6.07) is 15.6. The van der Waals surface area contributed by atoms with Crippen molar-refractivity contribution in [3.63, 3.8) is 0 Å². The van der Waals surface area contributed by atoms with Gasteiger partial charge in [-0.15, -0.1) is 0 Å². The Balaban J connectivity index is 1.43. The molecule has 29 heavy (non-hydrogen) atoms. The molecule has 7 heteroatoms. The molecule has 0 unspecified atom stereocenters. The number of sulfonamides is 1. The van der Waals surface area contributed by atoms with Crippen molar-refractivity contribution in [3.05, 3.63) is 66.0 Å². The minimum Gasteiger partial charge on any atom is -0.335 e. The van der Waals surface area contributed by atoms with E-state index < -0.39 is 15.8 Å². The van der Waals surface area contributed by atoms with E-state index in [1.54, 1.807) is 0 Å². The third kappa shape index (κ3) is 3.94. The lowest BCUT2D eigenvalue weighted by molar-refractivity contribution is -0.137. The smallest absolute Gasteiger partial charge is 0.245 e. The average molecular weight is 417 g/mol. The lowest BCUT2D eigenvalue weighted by Gasteiger charge is -2.34. The third-order valence-corrected chi connectivity index (χ3v) is 7.91. The molecule has 0 N–H and O–H groups in total. The normalized spacial score (nSPS) is 21.4. The van der Waals surface area contributed by atoms with Crippen LogP contribution >= 0.6 is 0 Å². The van der Waals surface area contributed by atoms with Gasteiger partial charge in [0.15, 0.2) is 0 Å². The molecule has 1 amide bonds. The molecule has 2 heterocycles. The molecule has 0 bridgehead atoms. The summed E-state index contributed by atoms with van der Waals surface area (Å²) in [5, 5.41) is 0. The molecular formula is C22H25FN2O3S. The monoisotopic (exact) mass is 416 g/mol. The van der Waals surface area contributed by atoms with Crippen molar-refractivity contribution in [1.29, 1.82) is 0 Å². The Morgan fingerprint density at radius 1 is 0.897 bits per heavy atom. The molecule has 2 aliphatic heterocycles. The van der Waals surface area contributed by atoms with Crippen LogP contribution < -0.4 is 0 Å². The Morgan fingerprint density at radius 2 is 1.55 bits per heavy atom. The number of halogens is 1. The van der Waals surface area contributed by atoms with Crippen LogP contribution in [0.5, 0.6) is 0 Å². The second kappa shape index (κ2) is 8.24. The number of carbonyl (C=O) groups is 1. The standard InChI is InChI=1S/C22H25FN2O3S/c23-19-9-4-5-11-21(19)29(27,28)24-15-12-18(13-16-24)22(26)25-14-6-10-20(25)17-7-2-1-3-8-17/h1-5,7-9,11,18,20H,6,10,12-16H2/t20-/m1/s1. The number of hydrogen-bond donors (Lipinski definition) is 0. The maximum Gasteiger partial charge on any atom is 0.245 e. The first-order valence-corrected chi connectivity index (χ1v) is 11.5. The molecule has 2 aliphatic rings. The van der Waals surface area contributed by atoms with Crippen molar-refractivity contribution in [2.45, 2.75) is 36.6 Å². The maximum atomic E-state index is 14.0. The topological polar surface area (TPSA) is 57.7 Å². The van der Waals surface area contributed by atoms with Crippen LogP contribution in [0, 0.1) is 11.7 Å². The van der Waals surface area contributed by atoms with E-state index in [2.05, 4.69) is 12.1 Å². The summed E-state index contributed by atoms with van der Waals surface area (Å²) >= 11 is 0. The zero-order chi connectivity index (χ0) is 20.4. The zero-order valence-corrected chi connectivity index (χ0v) is 17.0. The van der Waals surface area contributed by atoms with Crippen molar-refractivity contribution >= 4 is 15.9 Å². The molecule has 0 aromatic heterocycles. The SMILES string of the molecule is O=C(C1CCN(S(=O)(=O)c2ccccc2F)CC1)N1CCC[C@@H]1c1ccccc1. The quantitative estimate of drug-likeness (QED) is 0.765. The van der Waals surface area contributed by atoms with E-state index in [4.69, 9.17) is 0 Å². The van der Waals surface area contributed by atoms with Gasteiger partial charge >= 0.3 is 0 Å². The molecule has 5 nitrogen and oxygen atoms in total. The molecule has 1 atom stereocenters. The first kappa shape index (κ1) is 20.0. The van der Waals surface area contributed by atoms with Crippen LogP contribution in [0.25, 0.3) is 0 Å². The van der Waals surface area contributed by atoms with E-state index in [1.807, 2.05) is 23.1 Å². The van der Waals surface area contributed by atoms with Gasteiger partial charge in [0.1, 0.15) is 10.7 Å². The van der Waals surface area contributed by atoms with E-state index in [1.165, 1.54) is 22.5 Å². The van der Waals surface area contributed by atoms with Crippen LogP contribution in [0.3, 0.4) is 0 Å². The molecule has 2 aromatic carbocycles. The lowest BCUT2D eigenvalue weighted by atomic mass is 9.95. The fourth-order valence-corrected chi connectivity index (χ4v) is 5.96. The molecule has 4 rings (SSSR count). The average Bonchev–Trinajstić information content (AvgIpc) is 3.24. The second-order valence-corrected chi connectivity index (χ2v) is 9.62. The highest BCUT2D eigenvalue weighted by atomic mass is 32.2. The molecule has 2 saturated heterocycles. The summed E-state index contributed by atoms with van der Waals surface area (Å²) in [7, 11) is -3.88. The highest BCUT2D eigenvalue weighted by Gasteiger charge is 2.38. The molecule has 2 aromatic rings. The summed E-state index contributed by atoms with van der Waals surface area (Å²) in [5.74, 6) is -0.820. The van der Waals surface area contributed by atoms with Crippen LogP contribution in [-0.2, 0) is 14.8 Å². The Morgan fingerprint density at radius 3 is 2.24 bits per heavy atom. The number of amides is 1. The number of nitrogens with zero attached hydrogens (tertiary/aromatic N) is 2. The minimum absolute atomic E-state index is 0.101. The molecule has 0 aliphatic carbocycles. The van der Waals surface area contributed by atoms with Gasteiger partial charge in [-0.25, -0.2) is 12.8 Å². The van der Waals surface area contributed by atoms with Crippen molar-refractivity contribution in [1.82, 2.24) is 9.21 Å². The van der Waals surface area contributed by atoms with Crippen LogP contribution in [0.1, 0.15) is 37.3 Å². The summed E-state index contributed by atoms with van der Waals surface area (Å²) in [4.78, 5) is 14.8. The Hall–Kier alpha value is -2.25. The Kier molecular flexibility index (Phi) is 5.69. The predicted octanol–water partition coefficient (Wildman–Crippen LogP) is 3.59. The van der Waals surface area contributed by atoms with E-state index in [0.717, 1.165) is 31.0 Å². The fourth-order valence-electron chi connectivity index (χ4n) is 4.42. The van der Waals surface area contributed by atoms with Gasteiger partial charge in [0.2, 0.25) is 15.9 Å². The minimum atomic E-state index is -3.88. The number of rotatable bonds is 4. The van der Waals surface area contributed by atoms with E-state index in [-0.39, 0.29) is 35.9 Å². The van der Waals surface area contributed by atoms with Crippen LogP contribution in [0.15, 0.2) is 59.5 Å². The highest BCUT2D eigenvalue weighted by Crippen LogP contribution is 2.35. The number of likely N-dealkylation sites (tertiary alicyclic amines) is 1. The van der Waals surface area contributed by atoms with Crippen LogP contribution in [0.4, 0.5) is 4.39 Å². The van der Waals surface area contributed by atoms with Crippen LogP contribution in [0.2, 0.25) is 0 Å². The van der Waals surface area contributed by atoms with Gasteiger partial charge in [0.05, 0.1) is 6.04 Å². The molecule has 0 radical (unpaired) electrons. The largest absolute Gasteiger partial charge is 0.335 e. The van der Waals surface area contributed by atoms with Gasteiger partial charge in [-0.3, -0.25) is 4.79 Å². The van der Waals surface area contributed by atoms with Gasteiger partial charge in [0.25, 0.3) is 0 Å². The summed E-state index contributed by atoms with van der Waals surface area (Å²) < 4.78 is 40.8. The third-order valence-electron chi connectivity index (χ3n) is 5.98.